The predicted molar refractivity (Wildman–Crippen MR) is 77.5 cm³/mol. The lowest BCUT2D eigenvalue weighted by Gasteiger charge is -2.12. The molecular weight excluding hydrogens is 238 g/mol. The fourth-order valence-corrected chi connectivity index (χ4v) is 2.17. The molecule has 0 saturated carbocycles. The average molecular weight is 263 g/mol. The van der Waals surface area contributed by atoms with Crippen molar-refractivity contribution in [2.45, 2.75) is 39.3 Å². The second-order valence-corrected chi connectivity index (χ2v) is 5.61. The van der Waals surface area contributed by atoms with Gasteiger partial charge in [0, 0.05) is 13.2 Å². The summed E-state index contributed by atoms with van der Waals surface area (Å²) in [6.07, 6.45) is 2.57. The Balaban J connectivity index is 1.71. The van der Waals surface area contributed by atoms with Gasteiger partial charge in [-0.2, -0.15) is 0 Å². The molecule has 0 bridgehead atoms. The van der Waals surface area contributed by atoms with Gasteiger partial charge in [0.05, 0.1) is 6.10 Å². The molecule has 19 heavy (non-hydrogen) atoms. The molecule has 3 nitrogen and oxygen atoms in total. The molecule has 1 aromatic carbocycles. The van der Waals surface area contributed by atoms with Crippen LogP contribution in [0, 0.1) is 5.92 Å². The Bertz CT molecular complexity index is 356. The Kier molecular flexibility index (Phi) is 5.67. The lowest BCUT2D eigenvalue weighted by atomic mass is 10.2. The normalized spacial score (nSPS) is 19.0. The fraction of sp³-hybridized carbons (Fsp3) is 0.625. The topological polar surface area (TPSA) is 30.5 Å². The van der Waals surface area contributed by atoms with Crippen LogP contribution < -0.4 is 10.1 Å². The van der Waals surface area contributed by atoms with Crippen LogP contribution in [0.25, 0.3) is 0 Å². The van der Waals surface area contributed by atoms with Gasteiger partial charge >= 0.3 is 0 Å². The summed E-state index contributed by atoms with van der Waals surface area (Å²) in [5, 5.41) is 3.44. The Morgan fingerprint density at radius 2 is 2.11 bits per heavy atom. The van der Waals surface area contributed by atoms with Crippen molar-refractivity contribution in [1.29, 1.82) is 0 Å². The summed E-state index contributed by atoms with van der Waals surface area (Å²) in [5.74, 6) is 1.62. The maximum Gasteiger partial charge on any atom is 0.119 e. The minimum atomic E-state index is 0.285. The molecule has 0 aromatic heterocycles. The first kappa shape index (κ1) is 14.4. The standard InChI is InChI=1S/C16H25NO2/c1-13(2)10-17-11-14-5-7-15(8-6-14)19-12-16-4-3-9-18-16/h5-8,13,16-17H,3-4,9-12H2,1-2H3. The Morgan fingerprint density at radius 1 is 1.32 bits per heavy atom. The van der Waals surface area contributed by atoms with Crippen LogP contribution in [0.3, 0.4) is 0 Å². The first-order valence-electron chi connectivity index (χ1n) is 7.28. The van der Waals surface area contributed by atoms with Crippen LogP contribution in [0.15, 0.2) is 24.3 Å². The van der Waals surface area contributed by atoms with Gasteiger partial charge in [0.15, 0.2) is 0 Å². The molecule has 1 saturated heterocycles. The van der Waals surface area contributed by atoms with E-state index in [0.29, 0.717) is 12.5 Å². The quantitative estimate of drug-likeness (QED) is 0.820. The summed E-state index contributed by atoms with van der Waals surface area (Å²) >= 11 is 0. The molecule has 1 N–H and O–H groups in total. The highest BCUT2D eigenvalue weighted by Crippen LogP contribution is 2.16. The van der Waals surface area contributed by atoms with Gasteiger partial charge in [-0.05, 0) is 43.0 Å². The number of rotatable bonds is 7. The third kappa shape index (κ3) is 5.21. The zero-order valence-corrected chi connectivity index (χ0v) is 12.0. The van der Waals surface area contributed by atoms with Crippen molar-refractivity contribution in [3.8, 4) is 5.75 Å². The predicted octanol–water partition coefficient (Wildman–Crippen LogP) is 2.99. The lowest BCUT2D eigenvalue weighted by molar-refractivity contribution is 0.0679. The zero-order valence-electron chi connectivity index (χ0n) is 12.0. The van der Waals surface area contributed by atoms with E-state index in [1.54, 1.807) is 0 Å². The number of benzene rings is 1. The number of hydrogen-bond acceptors (Lipinski definition) is 3. The molecule has 1 unspecified atom stereocenters. The molecule has 1 aliphatic rings. The van der Waals surface area contributed by atoms with E-state index < -0.39 is 0 Å². The van der Waals surface area contributed by atoms with Crippen molar-refractivity contribution in [3.05, 3.63) is 29.8 Å². The summed E-state index contributed by atoms with van der Waals surface area (Å²) in [6.45, 7) is 7.96. The zero-order chi connectivity index (χ0) is 13.5. The van der Waals surface area contributed by atoms with Gasteiger partial charge < -0.3 is 14.8 Å². The summed E-state index contributed by atoms with van der Waals surface area (Å²) < 4.78 is 11.3. The maximum absolute atomic E-state index is 5.74. The van der Waals surface area contributed by atoms with Gasteiger partial charge in [-0.25, -0.2) is 0 Å². The molecule has 0 amide bonds. The van der Waals surface area contributed by atoms with Crippen molar-refractivity contribution in [2.24, 2.45) is 5.92 Å². The molecule has 1 heterocycles. The molecule has 1 aliphatic heterocycles. The van der Waals surface area contributed by atoms with E-state index in [-0.39, 0.29) is 6.10 Å². The molecule has 1 aromatic rings. The fourth-order valence-electron chi connectivity index (χ4n) is 2.17. The van der Waals surface area contributed by atoms with Crippen molar-refractivity contribution < 1.29 is 9.47 Å². The van der Waals surface area contributed by atoms with Crippen LogP contribution in [0.2, 0.25) is 0 Å². The highest BCUT2D eigenvalue weighted by molar-refractivity contribution is 5.27. The van der Waals surface area contributed by atoms with Crippen molar-refractivity contribution in [1.82, 2.24) is 5.32 Å². The van der Waals surface area contributed by atoms with Crippen molar-refractivity contribution >= 4 is 0 Å². The average Bonchev–Trinajstić information content (AvgIpc) is 2.90. The van der Waals surface area contributed by atoms with Crippen LogP contribution in [0.1, 0.15) is 32.3 Å². The smallest absolute Gasteiger partial charge is 0.119 e. The highest BCUT2D eigenvalue weighted by Gasteiger charge is 2.15. The van der Waals surface area contributed by atoms with Crippen LogP contribution >= 0.6 is 0 Å². The number of nitrogens with one attached hydrogen (secondary N) is 1. The molecule has 2 rings (SSSR count). The third-order valence-corrected chi connectivity index (χ3v) is 3.26. The SMILES string of the molecule is CC(C)CNCc1ccc(OCC2CCCO2)cc1. The minimum Gasteiger partial charge on any atom is -0.491 e. The van der Waals surface area contributed by atoms with E-state index >= 15 is 0 Å². The maximum atomic E-state index is 5.74. The molecule has 106 valence electrons. The van der Waals surface area contributed by atoms with E-state index in [2.05, 4.69) is 31.3 Å². The van der Waals surface area contributed by atoms with Crippen molar-refractivity contribution in [2.75, 3.05) is 19.8 Å². The third-order valence-electron chi connectivity index (χ3n) is 3.26. The summed E-state index contributed by atoms with van der Waals surface area (Å²) in [7, 11) is 0. The van der Waals surface area contributed by atoms with Gasteiger partial charge in [-0.15, -0.1) is 0 Å². The van der Waals surface area contributed by atoms with Crippen LogP contribution in [-0.4, -0.2) is 25.9 Å². The first-order valence-corrected chi connectivity index (χ1v) is 7.28. The Morgan fingerprint density at radius 3 is 2.74 bits per heavy atom. The first-order chi connectivity index (χ1) is 9.24. The van der Waals surface area contributed by atoms with Crippen molar-refractivity contribution in [3.63, 3.8) is 0 Å². The van der Waals surface area contributed by atoms with Gasteiger partial charge in [0.25, 0.3) is 0 Å². The summed E-state index contributed by atoms with van der Waals surface area (Å²) in [4.78, 5) is 0. The minimum absolute atomic E-state index is 0.285. The molecule has 0 radical (unpaired) electrons. The van der Waals surface area contributed by atoms with Crippen LogP contribution in [0.5, 0.6) is 5.75 Å². The van der Waals surface area contributed by atoms with Gasteiger partial charge in [0.1, 0.15) is 12.4 Å². The molecule has 1 fully saturated rings. The molecule has 0 aliphatic carbocycles. The monoisotopic (exact) mass is 263 g/mol. The molecule has 3 heteroatoms. The number of hydrogen-bond donors (Lipinski definition) is 1. The van der Waals surface area contributed by atoms with E-state index in [9.17, 15) is 0 Å². The van der Waals surface area contributed by atoms with Crippen LogP contribution in [-0.2, 0) is 11.3 Å². The van der Waals surface area contributed by atoms with E-state index in [1.807, 2.05) is 12.1 Å². The largest absolute Gasteiger partial charge is 0.491 e. The van der Waals surface area contributed by atoms with E-state index in [1.165, 1.54) is 5.56 Å². The molecular formula is C16H25NO2. The van der Waals surface area contributed by atoms with E-state index in [0.717, 1.165) is 38.3 Å². The van der Waals surface area contributed by atoms with E-state index in [4.69, 9.17) is 9.47 Å². The highest BCUT2D eigenvalue weighted by atomic mass is 16.5. The van der Waals surface area contributed by atoms with Gasteiger partial charge in [-0.1, -0.05) is 26.0 Å². The van der Waals surface area contributed by atoms with Crippen LogP contribution in [0.4, 0.5) is 0 Å². The lowest BCUT2D eigenvalue weighted by Crippen LogP contribution is -2.19. The van der Waals surface area contributed by atoms with Gasteiger partial charge in [0.2, 0.25) is 0 Å². The summed E-state index contributed by atoms with van der Waals surface area (Å²) in [5.41, 5.74) is 1.30. The molecule has 0 spiro atoms. The van der Waals surface area contributed by atoms with Gasteiger partial charge in [-0.3, -0.25) is 0 Å². The molecule has 1 atom stereocenters. The second-order valence-electron chi connectivity index (χ2n) is 5.61. The summed E-state index contributed by atoms with van der Waals surface area (Å²) in [6, 6.07) is 8.33. The Hall–Kier alpha value is -1.06. The second kappa shape index (κ2) is 7.51. The Labute approximate surface area is 116 Å². The number of ether oxygens (including phenoxy) is 2.